The van der Waals surface area contributed by atoms with Crippen molar-refractivity contribution in [2.24, 2.45) is 0 Å². The van der Waals surface area contributed by atoms with Crippen LogP contribution in [0.3, 0.4) is 0 Å². The van der Waals surface area contributed by atoms with E-state index < -0.39 is 18.1 Å². The Balaban J connectivity index is 1.51. The second kappa shape index (κ2) is 11.8. The monoisotopic (exact) mass is 551 g/mol. The number of nitrogens with one attached hydrogen (secondary N) is 2. The molecule has 1 amide bonds. The lowest BCUT2D eigenvalue weighted by Crippen LogP contribution is -2.55. The highest BCUT2D eigenvalue weighted by Crippen LogP contribution is 2.36. The third kappa shape index (κ3) is 5.73. The summed E-state index contributed by atoms with van der Waals surface area (Å²) in [5, 5.41) is 2.92. The van der Waals surface area contributed by atoms with Gasteiger partial charge in [-0.2, -0.15) is 0 Å². The van der Waals surface area contributed by atoms with Gasteiger partial charge < -0.3 is 24.8 Å². The largest absolute Gasteiger partial charge is 0.378 e. The van der Waals surface area contributed by atoms with Crippen molar-refractivity contribution in [2.45, 2.75) is 32.6 Å². The molecule has 3 heterocycles. The number of likely N-dealkylation sites (N-methyl/N-ethyl adjacent to an activating group) is 1. The highest BCUT2D eigenvalue weighted by atomic mass is 19.1. The number of amides is 1. The summed E-state index contributed by atoms with van der Waals surface area (Å²) >= 11 is 0. The van der Waals surface area contributed by atoms with E-state index in [0.29, 0.717) is 43.1 Å². The van der Waals surface area contributed by atoms with Crippen LogP contribution in [0.4, 0.5) is 25.8 Å². The van der Waals surface area contributed by atoms with Crippen molar-refractivity contribution < 1.29 is 18.3 Å². The topological polar surface area (TPSA) is 80.9 Å². The van der Waals surface area contributed by atoms with Crippen LogP contribution in [0, 0.1) is 5.82 Å². The number of carbonyl (C=O) groups excluding carboxylic acids is 1. The standard InChI is InChI=1S/C30H35F2N5O3/c1-19-17-37(18-20(2)35(19)3)28-7-4-21(24-6-5-23(14-26(24)32)36-8-10-40-11-9-36)12-27(28)34-30(39)25-16-33-29(38)13-22(25)15-31/h4-7,12-14,16,19-20H,8-11,15,17-18H2,1-3H3,(H,33,38)(H,34,39)/t19-,20+. The third-order valence-electron chi connectivity index (χ3n) is 7.98. The van der Waals surface area contributed by atoms with E-state index >= 15 is 4.39 Å². The van der Waals surface area contributed by atoms with Crippen LogP contribution in [0.25, 0.3) is 11.1 Å². The smallest absolute Gasteiger partial charge is 0.257 e. The number of rotatable bonds is 6. The van der Waals surface area contributed by atoms with Gasteiger partial charge in [0.05, 0.1) is 30.2 Å². The molecular formula is C30H35F2N5O3. The zero-order chi connectivity index (χ0) is 28.4. The van der Waals surface area contributed by atoms with Gasteiger partial charge in [-0.05, 0) is 56.8 Å². The zero-order valence-corrected chi connectivity index (χ0v) is 23.0. The summed E-state index contributed by atoms with van der Waals surface area (Å²) in [6.45, 7) is 7.44. The number of piperazine rings is 1. The number of H-pyrrole nitrogens is 1. The zero-order valence-electron chi connectivity index (χ0n) is 23.0. The predicted molar refractivity (Wildman–Crippen MR) is 154 cm³/mol. The van der Waals surface area contributed by atoms with Gasteiger partial charge in [0, 0.05) is 67.3 Å². The Hall–Kier alpha value is -3.76. The van der Waals surface area contributed by atoms with Crippen molar-refractivity contribution in [3.05, 3.63) is 76.0 Å². The number of aromatic amines is 1. The van der Waals surface area contributed by atoms with Crippen molar-refractivity contribution in [3.8, 4) is 11.1 Å². The van der Waals surface area contributed by atoms with Crippen LogP contribution in [0.15, 0.2) is 53.5 Å². The van der Waals surface area contributed by atoms with Gasteiger partial charge in [0.25, 0.3) is 5.91 Å². The molecule has 2 aliphatic rings. The molecule has 2 atom stereocenters. The number of pyridine rings is 1. The van der Waals surface area contributed by atoms with Crippen molar-refractivity contribution >= 4 is 23.0 Å². The summed E-state index contributed by atoms with van der Waals surface area (Å²) in [6.07, 6.45) is 1.22. The summed E-state index contributed by atoms with van der Waals surface area (Å²) < 4.78 is 34.5. The molecule has 5 rings (SSSR count). The van der Waals surface area contributed by atoms with E-state index in [9.17, 15) is 14.0 Å². The fourth-order valence-corrected chi connectivity index (χ4v) is 5.46. The van der Waals surface area contributed by atoms with Gasteiger partial charge in [-0.1, -0.05) is 6.07 Å². The van der Waals surface area contributed by atoms with Crippen LogP contribution in [-0.4, -0.2) is 74.3 Å². The van der Waals surface area contributed by atoms with Gasteiger partial charge in [-0.3, -0.25) is 14.5 Å². The first-order valence-corrected chi connectivity index (χ1v) is 13.6. The lowest BCUT2D eigenvalue weighted by atomic mass is 10.0. The molecule has 0 saturated carbocycles. The van der Waals surface area contributed by atoms with Gasteiger partial charge in [0.2, 0.25) is 5.56 Å². The van der Waals surface area contributed by atoms with Crippen LogP contribution in [0.2, 0.25) is 0 Å². The normalized spacial score (nSPS) is 20.0. The molecule has 0 unspecified atom stereocenters. The number of ether oxygens (including phenoxy) is 1. The van der Waals surface area contributed by atoms with E-state index in [-0.39, 0.29) is 29.0 Å². The fourth-order valence-electron chi connectivity index (χ4n) is 5.46. The first-order chi connectivity index (χ1) is 19.2. The highest BCUT2D eigenvalue weighted by Gasteiger charge is 2.28. The van der Waals surface area contributed by atoms with Gasteiger partial charge in [-0.25, -0.2) is 8.78 Å². The first kappa shape index (κ1) is 27.8. The van der Waals surface area contributed by atoms with Crippen LogP contribution in [-0.2, 0) is 11.4 Å². The Bertz CT molecular complexity index is 1430. The maximum Gasteiger partial charge on any atom is 0.257 e. The molecule has 10 heteroatoms. The minimum absolute atomic E-state index is 0.00513. The van der Waals surface area contributed by atoms with E-state index in [2.05, 4.69) is 45.9 Å². The summed E-state index contributed by atoms with van der Waals surface area (Å²) in [6, 6.07) is 12.3. The highest BCUT2D eigenvalue weighted by molar-refractivity contribution is 6.07. The number of benzene rings is 2. The number of morpholine rings is 1. The molecule has 2 aliphatic heterocycles. The number of hydrogen-bond acceptors (Lipinski definition) is 6. The number of anilines is 3. The van der Waals surface area contributed by atoms with E-state index in [0.717, 1.165) is 30.5 Å². The summed E-state index contributed by atoms with van der Waals surface area (Å²) in [5.41, 5.74) is 2.65. The molecule has 3 aromatic rings. The SMILES string of the molecule is C[C@@H]1CN(c2ccc(-c3ccc(N4CCOCC4)cc3F)cc2NC(=O)c2c[nH]c(=O)cc2CF)C[C@H](C)N1C. The van der Waals surface area contributed by atoms with Crippen molar-refractivity contribution in [1.29, 1.82) is 0 Å². The number of nitrogens with zero attached hydrogens (tertiary/aromatic N) is 3. The molecule has 40 heavy (non-hydrogen) atoms. The van der Waals surface area contributed by atoms with Crippen LogP contribution < -0.4 is 20.7 Å². The number of alkyl halides is 1. The minimum atomic E-state index is -0.951. The molecule has 2 N–H and O–H groups in total. The summed E-state index contributed by atoms with van der Waals surface area (Å²) in [7, 11) is 2.09. The Morgan fingerprint density at radius 2 is 1.77 bits per heavy atom. The quantitative estimate of drug-likeness (QED) is 0.477. The summed E-state index contributed by atoms with van der Waals surface area (Å²) in [4.78, 5) is 34.1. The van der Waals surface area contributed by atoms with Crippen molar-refractivity contribution in [2.75, 3.05) is 61.6 Å². The van der Waals surface area contributed by atoms with Gasteiger partial charge in [0.1, 0.15) is 12.5 Å². The Morgan fingerprint density at radius 1 is 1.05 bits per heavy atom. The van der Waals surface area contributed by atoms with Gasteiger partial charge >= 0.3 is 0 Å². The lowest BCUT2D eigenvalue weighted by Gasteiger charge is -2.44. The Morgan fingerprint density at radius 3 is 2.45 bits per heavy atom. The molecule has 2 aromatic carbocycles. The third-order valence-corrected chi connectivity index (χ3v) is 7.98. The number of aromatic nitrogens is 1. The molecule has 0 bridgehead atoms. The average Bonchev–Trinajstić information content (AvgIpc) is 2.96. The van der Waals surface area contributed by atoms with Crippen LogP contribution in [0.5, 0.6) is 0 Å². The molecular weight excluding hydrogens is 516 g/mol. The summed E-state index contributed by atoms with van der Waals surface area (Å²) in [5.74, 6) is -0.920. The van der Waals surface area contributed by atoms with E-state index in [1.165, 1.54) is 12.3 Å². The van der Waals surface area contributed by atoms with E-state index in [4.69, 9.17) is 4.74 Å². The molecule has 0 aliphatic carbocycles. The lowest BCUT2D eigenvalue weighted by molar-refractivity contribution is 0.102. The molecule has 1 aromatic heterocycles. The van der Waals surface area contributed by atoms with Crippen molar-refractivity contribution in [1.82, 2.24) is 9.88 Å². The first-order valence-electron chi connectivity index (χ1n) is 13.6. The number of hydrogen-bond donors (Lipinski definition) is 2. The fraction of sp³-hybridized carbons (Fsp3) is 0.400. The average molecular weight is 552 g/mol. The Labute approximate surface area is 232 Å². The predicted octanol–water partition coefficient (Wildman–Crippen LogP) is 4.27. The number of halogens is 2. The number of carbonyl (C=O) groups is 1. The van der Waals surface area contributed by atoms with Crippen LogP contribution in [0.1, 0.15) is 29.8 Å². The second-order valence-corrected chi connectivity index (χ2v) is 10.6. The maximum absolute atomic E-state index is 15.5. The minimum Gasteiger partial charge on any atom is -0.378 e. The van der Waals surface area contributed by atoms with E-state index in [1.54, 1.807) is 12.1 Å². The molecule has 2 saturated heterocycles. The van der Waals surface area contributed by atoms with Crippen molar-refractivity contribution in [3.63, 3.8) is 0 Å². The molecule has 0 spiro atoms. The molecule has 212 valence electrons. The molecule has 0 radical (unpaired) electrons. The van der Waals surface area contributed by atoms with Crippen LogP contribution >= 0.6 is 0 Å². The Kier molecular flexibility index (Phi) is 8.18. The van der Waals surface area contributed by atoms with Gasteiger partial charge in [0.15, 0.2) is 0 Å². The van der Waals surface area contributed by atoms with E-state index in [1.807, 2.05) is 18.2 Å². The van der Waals surface area contributed by atoms with Gasteiger partial charge in [-0.15, -0.1) is 0 Å². The maximum atomic E-state index is 15.5. The molecule has 2 fully saturated rings. The molecule has 8 nitrogen and oxygen atoms in total. The second-order valence-electron chi connectivity index (χ2n) is 10.6.